The molecule has 7 heteroatoms. The predicted octanol–water partition coefficient (Wildman–Crippen LogP) is 3.63. The number of amides is 1. The third-order valence-electron chi connectivity index (χ3n) is 3.68. The summed E-state index contributed by atoms with van der Waals surface area (Å²) in [5.74, 6) is 0.515. The molecule has 6 nitrogen and oxygen atoms in total. The van der Waals surface area contributed by atoms with Crippen molar-refractivity contribution in [1.82, 2.24) is 15.1 Å². The van der Waals surface area contributed by atoms with Crippen LogP contribution in [0.15, 0.2) is 28.9 Å². The predicted molar refractivity (Wildman–Crippen MR) is 87.6 cm³/mol. The van der Waals surface area contributed by atoms with Crippen LogP contribution in [-0.2, 0) is 4.79 Å². The van der Waals surface area contributed by atoms with Crippen molar-refractivity contribution >= 4 is 34.4 Å². The minimum Gasteiger partial charge on any atom is -0.361 e. The zero-order valence-corrected chi connectivity index (χ0v) is 13.7. The second kappa shape index (κ2) is 5.96. The number of nitrogens with zero attached hydrogens (tertiary/aromatic N) is 3. The molecule has 0 saturated carbocycles. The lowest BCUT2D eigenvalue weighted by Gasteiger charge is -2.11. The van der Waals surface area contributed by atoms with Gasteiger partial charge in [0, 0.05) is 17.1 Å². The Morgan fingerprint density at radius 3 is 2.83 bits per heavy atom. The standard InChI is InChI=1S/C16H15ClN4O2/c1-8(14-9(2)21-23-10(14)3)16(22)20-13-5-4-11-6-12(17)7-18-15(11)19-13/h4-8H,1-3H3,(H,18,19,20,22). The zero-order valence-electron chi connectivity index (χ0n) is 12.9. The van der Waals surface area contributed by atoms with Crippen molar-refractivity contribution in [3.8, 4) is 0 Å². The molecule has 0 bridgehead atoms. The van der Waals surface area contributed by atoms with Crippen LogP contribution in [0.4, 0.5) is 5.82 Å². The zero-order chi connectivity index (χ0) is 16.6. The lowest BCUT2D eigenvalue weighted by atomic mass is 9.99. The Hall–Kier alpha value is -2.47. The van der Waals surface area contributed by atoms with E-state index in [0.717, 1.165) is 10.9 Å². The minimum absolute atomic E-state index is 0.180. The van der Waals surface area contributed by atoms with Gasteiger partial charge in [-0.3, -0.25) is 4.79 Å². The fraction of sp³-hybridized carbons (Fsp3) is 0.250. The van der Waals surface area contributed by atoms with Gasteiger partial charge in [-0.05, 0) is 39.0 Å². The maximum absolute atomic E-state index is 12.4. The molecule has 0 saturated heterocycles. The van der Waals surface area contributed by atoms with E-state index < -0.39 is 5.92 Å². The number of halogens is 1. The van der Waals surface area contributed by atoms with Crippen molar-refractivity contribution in [3.63, 3.8) is 0 Å². The summed E-state index contributed by atoms with van der Waals surface area (Å²) in [5.41, 5.74) is 2.04. The molecular formula is C16H15ClN4O2. The van der Waals surface area contributed by atoms with E-state index in [9.17, 15) is 4.79 Å². The van der Waals surface area contributed by atoms with Crippen molar-refractivity contribution < 1.29 is 9.32 Å². The van der Waals surface area contributed by atoms with Gasteiger partial charge in [-0.2, -0.15) is 0 Å². The molecule has 3 rings (SSSR count). The molecule has 23 heavy (non-hydrogen) atoms. The van der Waals surface area contributed by atoms with E-state index in [0.29, 0.717) is 27.9 Å². The summed E-state index contributed by atoms with van der Waals surface area (Å²) in [7, 11) is 0. The molecule has 1 unspecified atom stereocenters. The van der Waals surface area contributed by atoms with Gasteiger partial charge in [0.05, 0.1) is 16.6 Å². The first-order valence-electron chi connectivity index (χ1n) is 7.11. The van der Waals surface area contributed by atoms with Gasteiger partial charge in [-0.25, -0.2) is 9.97 Å². The quantitative estimate of drug-likeness (QED) is 0.793. The van der Waals surface area contributed by atoms with E-state index >= 15 is 0 Å². The Labute approximate surface area is 137 Å². The van der Waals surface area contributed by atoms with Crippen LogP contribution in [0.1, 0.15) is 29.9 Å². The first-order valence-corrected chi connectivity index (χ1v) is 7.49. The highest BCUT2D eigenvalue weighted by molar-refractivity contribution is 6.31. The van der Waals surface area contributed by atoms with E-state index in [2.05, 4.69) is 20.4 Å². The molecule has 118 valence electrons. The van der Waals surface area contributed by atoms with E-state index in [1.807, 2.05) is 13.0 Å². The smallest absolute Gasteiger partial charge is 0.232 e. The molecule has 1 atom stereocenters. The van der Waals surface area contributed by atoms with Gasteiger partial charge in [0.1, 0.15) is 11.6 Å². The second-order valence-electron chi connectivity index (χ2n) is 5.35. The summed E-state index contributed by atoms with van der Waals surface area (Å²) in [6, 6.07) is 5.31. The van der Waals surface area contributed by atoms with Crippen LogP contribution in [0.5, 0.6) is 0 Å². The first kappa shape index (κ1) is 15.4. The Balaban J connectivity index is 1.84. The van der Waals surface area contributed by atoms with Crippen LogP contribution in [0, 0.1) is 13.8 Å². The van der Waals surface area contributed by atoms with Gasteiger partial charge in [0.2, 0.25) is 5.91 Å². The van der Waals surface area contributed by atoms with E-state index in [1.165, 1.54) is 6.20 Å². The topological polar surface area (TPSA) is 80.9 Å². The Morgan fingerprint density at radius 2 is 2.13 bits per heavy atom. The van der Waals surface area contributed by atoms with Crippen molar-refractivity contribution in [1.29, 1.82) is 0 Å². The molecule has 0 fully saturated rings. The van der Waals surface area contributed by atoms with Gasteiger partial charge >= 0.3 is 0 Å². The number of fused-ring (bicyclic) bond motifs is 1. The van der Waals surface area contributed by atoms with Crippen LogP contribution in [0.25, 0.3) is 11.0 Å². The van der Waals surface area contributed by atoms with Crippen LogP contribution in [0.2, 0.25) is 5.02 Å². The average Bonchev–Trinajstić information content (AvgIpc) is 2.85. The monoisotopic (exact) mass is 330 g/mol. The number of aromatic nitrogens is 3. The third-order valence-corrected chi connectivity index (χ3v) is 3.88. The molecule has 0 aliphatic carbocycles. The lowest BCUT2D eigenvalue weighted by Crippen LogP contribution is -2.20. The number of hydrogen-bond acceptors (Lipinski definition) is 5. The van der Waals surface area contributed by atoms with E-state index in [1.54, 1.807) is 26.0 Å². The maximum atomic E-state index is 12.4. The summed E-state index contributed by atoms with van der Waals surface area (Å²) in [5, 5.41) is 8.04. The first-order chi connectivity index (χ1) is 11.0. The van der Waals surface area contributed by atoms with E-state index in [4.69, 9.17) is 16.1 Å². The lowest BCUT2D eigenvalue weighted by molar-refractivity contribution is -0.117. The van der Waals surface area contributed by atoms with Gasteiger partial charge in [0.15, 0.2) is 5.65 Å². The molecular weight excluding hydrogens is 316 g/mol. The van der Waals surface area contributed by atoms with Gasteiger partial charge in [-0.1, -0.05) is 16.8 Å². The molecule has 1 amide bonds. The summed E-state index contributed by atoms with van der Waals surface area (Å²) < 4.78 is 5.12. The molecule has 0 aromatic carbocycles. The third kappa shape index (κ3) is 3.03. The molecule has 0 spiro atoms. The molecule has 0 aliphatic heterocycles. The summed E-state index contributed by atoms with van der Waals surface area (Å²) in [6.07, 6.45) is 1.52. The maximum Gasteiger partial charge on any atom is 0.232 e. The number of aryl methyl sites for hydroxylation is 2. The number of hydrogen-bond donors (Lipinski definition) is 1. The van der Waals surface area contributed by atoms with Crippen molar-refractivity contribution in [2.75, 3.05) is 5.32 Å². The second-order valence-corrected chi connectivity index (χ2v) is 5.78. The number of carbonyl (C=O) groups excluding carboxylic acids is 1. The van der Waals surface area contributed by atoms with E-state index in [-0.39, 0.29) is 5.91 Å². The number of nitrogens with one attached hydrogen (secondary N) is 1. The molecule has 3 aromatic heterocycles. The average molecular weight is 331 g/mol. The van der Waals surface area contributed by atoms with Crippen molar-refractivity contribution in [2.24, 2.45) is 0 Å². The Morgan fingerprint density at radius 1 is 1.35 bits per heavy atom. The Kier molecular flexibility index (Phi) is 4.00. The summed E-state index contributed by atoms with van der Waals surface area (Å²) >= 11 is 5.90. The normalized spacial score (nSPS) is 12.3. The van der Waals surface area contributed by atoms with Crippen LogP contribution >= 0.6 is 11.6 Å². The Bertz CT molecular complexity index is 871. The molecule has 1 N–H and O–H groups in total. The summed E-state index contributed by atoms with van der Waals surface area (Å²) in [4.78, 5) is 20.9. The van der Waals surface area contributed by atoms with Crippen LogP contribution in [0.3, 0.4) is 0 Å². The van der Waals surface area contributed by atoms with Crippen LogP contribution in [-0.4, -0.2) is 21.0 Å². The van der Waals surface area contributed by atoms with Crippen molar-refractivity contribution in [2.45, 2.75) is 26.7 Å². The highest BCUT2D eigenvalue weighted by Crippen LogP contribution is 2.24. The molecule has 0 aliphatic rings. The number of pyridine rings is 2. The van der Waals surface area contributed by atoms with Gasteiger partial charge < -0.3 is 9.84 Å². The van der Waals surface area contributed by atoms with Crippen LogP contribution < -0.4 is 5.32 Å². The highest BCUT2D eigenvalue weighted by Gasteiger charge is 2.23. The van der Waals surface area contributed by atoms with Crippen molar-refractivity contribution in [3.05, 3.63) is 46.4 Å². The SMILES string of the molecule is Cc1noc(C)c1C(C)C(=O)Nc1ccc2cc(Cl)cnc2n1. The number of anilines is 1. The fourth-order valence-electron chi connectivity index (χ4n) is 2.53. The number of carbonyl (C=O) groups is 1. The summed E-state index contributed by atoms with van der Waals surface area (Å²) in [6.45, 7) is 5.42. The minimum atomic E-state index is -0.392. The van der Waals surface area contributed by atoms with Gasteiger partial charge in [-0.15, -0.1) is 0 Å². The molecule has 3 heterocycles. The fourth-order valence-corrected chi connectivity index (χ4v) is 2.69. The largest absolute Gasteiger partial charge is 0.361 e. The highest BCUT2D eigenvalue weighted by atomic mass is 35.5. The van der Waals surface area contributed by atoms with Gasteiger partial charge in [0.25, 0.3) is 0 Å². The number of rotatable bonds is 3. The molecule has 0 radical (unpaired) electrons. The molecule has 3 aromatic rings.